The van der Waals surface area contributed by atoms with E-state index in [1.165, 1.54) is 4.90 Å². The lowest BCUT2D eigenvalue weighted by Crippen LogP contribution is -2.50. The number of imide groups is 1. The number of nitrogens with zero attached hydrogens (tertiary/aromatic N) is 3. The van der Waals surface area contributed by atoms with E-state index in [2.05, 4.69) is 17.1 Å². The van der Waals surface area contributed by atoms with Gasteiger partial charge < -0.3 is 10.2 Å². The number of rotatable bonds is 4. The van der Waals surface area contributed by atoms with Crippen LogP contribution in [0.3, 0.4) is 0 Å². The van der Waals surface area contributed by atoms with E-state index in [9.17, 15) is 14.4 Å². The Bertz CT molecular complexity index is 615. The van der Waals surface area contributed by atoms with Gasteiger partial charge in [-0.2, -0.15) is 0 Å². The molecular weight excluding hydrogens is 356 g/mol. The summed E-state index contributed by atoms with van der Waals surface area (Å²) in [7, 11) is 0. The quantitative estimate of drug-likeness (QED) is 0.747. The highest BCUT2D eigenvalue weighted by atomic mass is 16.2. The molecule has 4 aliphatic rings. The largest absolute Gasteiger partial charge is 0.343 e. The molecule has 28 heavy (non-hydrogen) atoms. The van der Waals surface area contributed by atoms with Crippen molar-refractivity contribution in [2.45, 2.75) is 70.3 Å². The highest BCUT2D eigenvalue weighted by Gasteiger charge is 2.52. The summed E-state index contributed by atoms with van der Waals surface area (Å²) in [5, 5.41) is 3.01. The summed E-state index contributed by atoms with van der Waals surface area (Å²) >= 11 is 0. The minimum Gasteiger partial charge on any atom is -0.343 e. The zero-order chi connectivity index (χ0) is 19.7. The number of amides is 4. The van der Waals surface area contributed by atoms with Gasteiger partial charge in [0.05, 0.1) is 6.67 Å². The van der Waals surface area contributed by atoms with Crippen LogP contribution in [0.25, 0.3) is 0 Å². The van der Waals surface area contributed by atoms with E-state index >= 15 is 0 Å². The van der Waals surface area contributed by atoms with Crippen LogP contribution >= 0.6 is 0 Å². The molecule has 0 bridgehead atoms. The molecule has 3 heterocycles. The minimum atomic E-state index is -0.649. The number of carbonyl (C=O) groups excluding carboxylic acids is 3. The van der Waals surface area contributed by atoms with Crippen molar-refractivity contribution in [2.75, 3.05) is 32.8 Å². The molecule has 156 valence electrons. The molecule has 4 rings (SSSR count). The smallest absolute Gasteiger partial charge is 0.326 e. The second kappa shape index (κ2) is 8.01. The fourth-order valence-corrected chi connectivity index (χ4v) is 5.27. The highest BCUT2D eigenvalue weighted by molar-refractivity contribution is 6.07. The number of carbonyl (C=O) groups is 3. The average molecular weight is 391 g/mol. The third kappa shape index (κ3) is 3.91. The molecule has 4 amide bonds. The summed E-state index contributed by atoms with van der Waals surface area (Å²) in [6.45, 7) is 6.13. The first-order chi connectivity index (χ1) is 13.5. The van der Waals surface area contributed by atoms with Crippen molar-refractivity contribution in [3.8, 4) is 0 Å². The molecule has 0 aromatic heterocycles. The number of nitrogens with one attached hydrogen (secondary N) is 1. The Labute approximate surface area is 167 Å². The van der Waals surface area contributed by atoms with E-state index in [0.29, 0.717) is 30.8 Å². The van der Waals surface area contributed by atoms with Crippen molar-refractivity contribution in [1.82, 2.24) is 20.0 Å². The van der Waals surface area contributed by atoms with Crippen molar-refractivity contribution >= 4 is 17.8 Å². The predicted octanol–water partition coefficient (Wildman–Crippen LogP) is 2.17. The third-order valence-corrected chi connectivity index (χ3v) is 7.34. The van der Waals surface area contributed by atoms with E-state index in [4.69, 9.17) is 0 Å². The van der Waals surface area contributed by atoms with Crippen molar-refractivity contribution in [3.63, 3.8) is 0 Å². The number of likely N-dealkylation sites (tertiary alicyclic amines) is 2. The number of hydrogen-bond acceptors (Lipinski definition) is 4. The van der Waals surface area contributed by atoms with Gasteiger partial charge in [-0.3, -0.25) is 14.5 Å². The lowest BCUT2D eigenvalue weighted by molar-refractivity contribution is -0.134. The number of piperidine rings is 1. The maximum absolute atomic E-state index is 13.0. The Balaban J connectivity index is 1.26. The van der Waals surface area contributed by atoms with Crippen LogP contribution in [0.4, 0.5) is 4.79 Å². The van der Waals surface area contributed by atoms with Gasteiger partial charge in [0.2, 0.25) is 5.91 Å². The summed E-state index contributed by atoms with van der Waals surface area (Å²) in [6.07, 6.45) is 8.36. The summed E-state index contributed by atoms with van der Waals surface area (Å²) in [5.41, 5.74) is -0.649. The summed E-state index contributed by atoms with van der Waals surface area (Å²) in [6, 6.07) is -0.231. The standard InChI is InChI=1S/C21H34N4O3/c1-16-4-8-21(9-5-16)19(27)25(20(28)22-21)15-23-12-6-17(7-13-23)14-18(26)24-10-2-3-11-24/h16-17H,2-15H2,1H3,(H,22,28). The van der Waals surface area contributed by atoms with Gasteiger partial charge in [-0.1, -0.05) is 6.92 Å². The molecule has 0 aromatic carbocycles. The Morgan fingerprint density at radius 2 is 1.68 bits per heavy atom. The molecule has 4 fully saturated rings. The van der Waals surface area contributed by atoms with Gasteiger partial charge in [-0.25, -0.2) is 9.69 Å². The first-order valence-corrected chi connectivity index (χ1v) is 11.1. The Kier molecular flexibility index (Phi) is 5.63. The Morgan fingerprint density at radius 3 is 2.32 bits per heavy atom. The number of urea groups is 1. The zero-order valence-electron chi connectivity index (χ0n) is 17.1. The van der Waals surface area contributed by atoms with E-state index in [1.54, 1.807) is 0 Å². The molecule has 3 saturated heterocycles. The molecule has 0 unspecified atom stereocenters. The average Bonchev–Trinajstić information content (AvgIpc) is 3.30. The van der Waals surface area contributed by atoms with Gasteiger partial charge in [0.25, 0.3) is 5.91 Å². The van der Waals surface area contributed by atoms with Crippen molar-refractivity contribution < 1.29 is 14.4 Å². The lowest BCUT2D eigenvalue weighted by atomic mass is 9.77. The van der Waals surface area contributed by atoms with Crippen LogP contribution < -0.4 is 5.32 Å². The topological polar surface area (TPSA) is 73.0 Å². The number of hydrogen-bond donors (Lipinski definition) is 1. The second-order valence-corrected chi connectivity index (χ2v) is 9.42. The molecule has 1 aliphatic carbocycles. The highest BCUT2D eigenvalue weighted by Crippen LogP contribution is 2.36. The lowest BCUT2D eigenvalue weighted by Gasteiger charge is -2.35. The maximum Gasteiger partial charge on any atom is 0.326 e. The molecule has 0 atom stereocenters. The fourth-order valence-electron chi connectivity index (χ4n) is 5.27. The minimum absolute atomic E-state index is 0.0317. The molecule has 3 aliphatic heterocycles. The van der Waals surface area contributed by atoms with Crippen LogP contribution in [-0.2, 0) is 9.59 Å². The van der Waals surface area contributed by atoms with Crippen LogP contribution in [0.1, 0.15) is 64.7 Å². The first kappa shape index (κ1) is 19.7. The van der Waals surface area contributed by atoms with Crippen molar-refractivity contribution in [1.29, 1.82) is 0 Å². The Hall–Kier alpha value is -1.63. The fraction of sp³-hybridized carbons (Fsp3) is 0.857. The van der Waals surface area contributed by atoms with Crippen molar-refractivity contribution in [2.24, 2.45) is 11.8 Å². The van der Waals surface area contributed by atoms with Crippen molar-refractivity contribution in [3.05, 3.63) is 0 Å². The van der Waals surface area contributed by atoms with E-state index < -0.39 is 5.54 Å². The molecule has 7 heteroatoms. The maximum atomic E-state index is 13.0. The van der Waals surface area contributed by atoms with Gasteiger partial charge in [0, 0.05) is 32.6 Å². The molecule has 0 radical (unpaired) electrons. The van der Waals surface area contributed by atoms with E-state index in [0.717, 1.165) is 77.5 Å². The first-order valence-electron chi connectivity index (χ1n) is 11.1. The van der Waals surface area contributed by atoms with Crippen LogP contribution in [-0.4, -0.2) is 70.9 Å². The van der Waals surface area contributed by atoms with Crippen LogP contribution in [0.15, 0.2) is 0 Å². The monoisotopic (exact) mass is 390 g/mol. The van der Waals surface area contributed by atoms with Gasteiger partial charge in [-0.05, 0) is 63.2 Å². The van der Waals surface area contributed by atoms with Crippen LogP contribution in [0.2, 0.25) is 0 Å². The normalized spacial score (nSPS) is 32.4. The SMILES string of the molecule is CC1CCC2(CC1)NC(=O)N(CN1CCC(CC(=O)N3CCCC3)CC1)C2=O. The third-order valence-electron chi connectivity index (χ3n) is 7.34. The second-order valence-electron chi connectivity index (χ2n) is 9.42. The molecule has 7 nitrogen and oxygen atoms in total. The van der Waals surface area contributed by atoms with Crippen LogP contribution in [0, 0.1) is 11.8 Å². The van der Waals surface area contributed by atoms with Gasteiger partial charge in [0.15, 0.2) is 0 Å². The Morgan fingerprint density at radius 1 is 1.04 bits per heavy atom. The summed E-state index contributed by atoms with van der Waals surface area (Å²) in [5.74, 6) is 1.33. The molecule has 1 saturated carbocycles. The summed E-state index contributed by atoms with van der Waals surface area (Å²) < 4.78 is 0. The van der Waals surface area contributed by atoms with Gasteiger partial charge >= 0.3 is 6.03 Å². The molecular formula is C21H34N4O3. The van der Waals surface area contributed by atoms with Gasteiger partial charge in [-0.15, -0.1) is 0 Å². The summed E-state index contributed by atoms with van der Waals surface area (Å²) in [4.78, 5) is 43.5. The van der Waals surface area contributed by atoms with E-state index in [1.807, 2.05) is 4.90 Å². The zero-order valence-corrected chi connectivity index (χ0v) is 17.1. The van der Waals surface area contributed by atoms with E-state index in [-0.39, 0.29) is 11.9 Å². The predicted molar refractivity (Wildman–Crippen MR) is 105 cm³/mol. The molecule has 0 aromatic rings. The van der Waals surface area contributed by atoms with Gasteiger partial charge in [0.1, 0.15) is 5.54 Å². The van der Waals surface area contributed by atoms with Crippen LogP contribution in [0.5, 0.6) is 0 Å². The molecule has 1 N–H and O–H groups in total. The molecule has 1 spiro atoms.